The van der Waals surface area contributed by atoms with Crippen LogP contribution in [0.5, 0.6) is 0 Å². The minimum absolute atomic E-state index is 0.0280. The second kappa shape index (κ2) is 36.3. The molecule has 7 fully saturated rings. The second-order valence-electron chi connectivity index (χ2n) is 35.4. The van der Waals surface area contributed by atoms with Crippen molar-refractivity contribution in [3.63, 3.8) is 0 Å². The molecule has 29 heteroatoms. The summed E-state index contributed by atoms with van der Waals surface area (Å²) >= 11 is 3.46. The molecule has 9 heterocycles. The summed E-state index contributed by atoms with van der Waals surface area (Å²) in [4.78, 5) is 124. The number of likely N-dealkylation sites (tertiary alicyclic amines) is 4. The number of halogens is 1. The number of carbonyl (C=O) groups excluding carboxylic acids is 7. The summed E-state index contributed by atoms with van der Waals surface area (Å²) in [6.45, 7) is 27.2. The fourth-order valence-corrected chi connectivity index (χ4v) is 19.0. The third-order valence-corrected chi connectivity index (χ3v) is 26.3. The van der Waals surface area contributed by atoms with Crippen molar-refractivity contribution in [2.75, 3.05) is 41.5 Å². The highest BCUT2D eigenvalue weighted by Crippen LogP contribution is 2.48. The molecular weight excluding hydrogens is 1560 g/mol. The van der Waals surface area contributed by atoms with Crippen molar-refractivity contribution in [2.24, 2.45) is 45.5 Å². The molecule has 27 nitrogen and oxygen atoms in total. The standard InChI is InChI=1S/C42H55N7O5.C29H40BN3O5.C18H23BrN4O3/c1-23(2)36(44-25(5)53-6)40(50)48-18-8-9-35(48)39-45-32-17-15-28(20-33(32)46-39)26-10-12-27(13-11-26)30-21-34(43-22-30)38-29-14-16-31(19-29)49(38)41(51)37(24(3)4)47-42(52)54-7;1-17(2)24(32-27(35)36-7)26(34)33-22-13-10-19(14-22)25(33)23-15-20(16-31-23)18-8-11-21(12-9-18)30-37-28(3,4)29(5,6)38-30;1-10(2)15(22-18(25)26-3)17(24)23-8-4-5-14(23)16-20-12-7-6-11(19)9-13(12)21-16/h10-13,15,17,20,22-25,29,31,35-38,44H,8-9,14,16,18-19,21H2,1-7H3,(H,45,46)(H,47,52);8-9,11-12,16-17,19,22,24-25H,10,13-15H2,1-7H3,(H,32,35);6-7,9-10,14-15H,4-5,8H2,1-3H3,(H,20,21)(H,22,25)/t25?,29?,31?,35-,36-,37-,38?;19?,22?,24-,25?;14-,15-/m000/s1. The van der Waals surface area contributed by atoms with Crippen LogP contribution < -0.4 is 26.7 Å². The van der Waals surface area contributed by atoms with Gasteiger partial charge in [-0.05, 0) is 204 Å². The molecule has 9 aliphatic rings. The number of aromatic nitrogens is 4. The van der Waals surface area contributed by atoms with Gasteiger partial charge in [-0.3, -0.25) is 34.5 Å². The molecule has 2 saturated carbocycles. The Morgan fingerprint density at radius 2 is 0.898 bits per heavy atom. The van der Waals surface area contributed by atoms with E-state index in [1.807, 2.05) is 105 Å². The quantitative estimate of drug-likeness (QED) is 0.0209. The van der Waals surface area contributed by atoms with Gasteiger partial charge in [0.1, 0.15) is 36.0 Å². The lowest BCUT2D eigenvalue weighted by Gasteiger charge is -2.38. The van der Waals surface area contributed by atoms with E-state index in [0.717, 1.165) is 153 Å². The van der Waals surface area contributed by atoms with Crippen LogP contribution in [0.3, 0.4) is 0 Å². The SMILES string of the molecule is COC(=O)N[C@H](C(=O)N1C2CCC(C2)C1C1=NC=C(c2ccc(-c3ccc4nc([C@@H]5CCCN5C(=O)[C@@H](NC(C)OC)C(C)C)[nH]c4c3)cc2)C1)C(C)C.COC(=O)N[C@H](C(=O)N1C2CCC(C2)C1C1=NC=C(c2ccc(B3OC(C)(C)C(C)(C)O3)cc2)C1)C(C)C.COC(=O)N[C@H](C(=O)N1CCC[C@H]1c1nc2ccc(Br)cc2[nH]1)C(C)C. The molecule has 6 aromatic rings. The third-order valence-electron chi connectivity index (χ3n) is 25.8. The number of nitrogens with one attached hydrogen (secondary N) is 6. The van der Waals surface area contributed by atoms with Gasteiger partial charge >= 0.3 is 25.4 Å². The first-order chi connectivity index (χ1) is 56.3. The Bertz CT molecular complexity index is 4810. The lowest BCUT2D eigenvalue weighted by molar-refractivity contribution is -0.138. The summed E-state index contributed by atoms with van der Waals surface area (Å²) in [6.07, 6.45) is 13.0. The Kier molecular flexibility index (Phi) is 26.7. The number of imidazole rings is 2. The Balaban J connectivity index is 0.000000164. The predicted octanol–water partition coefficient (Wildman–Crippen LogP) is 13.7. The van der Waals surface area contributed by atoms with Crippen LogP contribution in [0.4, 0.5) is 14.4 Å². The molecule has 2 aliphatic carbocycles. The summed E-state index contributed by atoms with van der Waals surface area (Å²) in [5, 5.41) is 11.5. The molecule has 7 unspecified atom stereocenters. The molecule has 4 aromatic carbocycles. The van der Waals surface area contributed by atoms with E-state index in [1.54, 1.807) is 7.11 Å². The number of hydrogen-bond acceptors (Lipinski definition) is 18. The number of piperidine rings is 2. The number of amides is 7. The Morgan fingerprint density at radius 1 is 0.500 bits per heavy atom. The van der Waals surface area contributed by atoms with Crippen molar-refractivity contribution in [1.29, 1.82) is 0 Å². The van der Waals surface area contributed by atoms with Gasteiger partial charge in [-0.15, -0.1) is 0 Å². The molecule has 7 aliphatic heterocycles. The van der Waals surface area contributed by atoms with Crippen LogP contribution in [0.2, 0.25) is 0 Å². The minimum Gasteiger partial charge on any atom is -0.453 e. The van der Waals surface area contributed by atoms with Gasteiger partial charge in [-0.1, -0.05) is 126 Å². The van der Waals surface area contributed by atoms with E-state index >= 15 is 0 Å². The van der Waals surface area contributed by atoms with Gasteiger partial charge in [-0.25, -0.2) is 24.4 Å². The van der Waals surface area contributed by atoms with Crippen molar-refractivity contribution < 1.29 is 61.8 Å². The number of nitrogens with zero attached hydrogens (tertiary/aromatic N) is 8. The third kappa shape index (κ3) is 18.2. The van der Waals surface area contributed by atoms with Gasteiger partial charge < -0.3 is 73.8 Å². The number of benzene rings is 4. The topological polar surface area (TPSA) is 318 Å². The van der Waals surface area contributed by atoms with Crippen molar-refractivity contribution >= 4 is 115 Å². The number of hydrogen-bond donors (Lipinski definition) is 6. The normalized spacial score (nSPS) is 24.0. The Hall–Kier alpha value is -9.29. The molecule has 15 rings (SSSR count). The first-order valence-electron chi connectivity index (χ1n) is 42.1. The first kappa shape index (κ1) is 86.6. The maximum absolute atomic E-state index is 14.0. The number of rotatable bonds is 22. The Labute approximate surface area is 701 Å². The number of fused-ring (bicyclic) bond motifs is 6. The van der Waals surface area contributed by atoms with Gasteiger partial charge in [0.05, 0.1) is 84.8 Å². The van der Waals surface area contributed by atoms with Crippen LogP contribution in [0.25, 0.3) is 44.3 Å². The lowest BCUT2D eigenvalue weighted by atomic mass is 9.78. The number of H-pyrrole nitrogens is 2. The molecule has 2 aromatic heterocycles. The van der Waals surface area contributed by atoms with E-state index < -0.39 is 36.4 Å². The van der Waals surface area contributed by atoms with Crippen LogP contribution >= 0.6 is 15.9 Å². The fourth-order valence-electron chi connectivity index (χ4n) is 18.6. The van der Waals surface area contributed by atoms with E-state index in [1.165, 1.54) is 21.3 Å². The predicted molar refractivity (Wildman–Crippen MR) is 459 cm³/mol. The van der Waals surface area contributed by atoms with Crippen LogP contribution in [-0.2, 0) is 47.4 Å². The fraction of sp³-hybridized carbons (Fsp3) is 0.562. The number of methoxy groups -OCH3 is 4. The highest BCUT2D eigenvalue weighted by molar-refractivity contribution is 9.10. The summed E-state index contributed by atoms with van der Waals surface area (Å²) < 4.78 is 33.1. The zero-order valence-electron chi connectivity index (χ0n) is 71.3. The number of carbonyl (C=O) groups is 7. The van der Waals surface area contributed by atoms with E-state index in [2.05, 4.69) is 159 Å². The van der Waals surface area contributed by atoms with Crippen molar-refractivity contribution in [3.8, 4) is 11.1 Å². The van der Waals surface area contributed by atoms with Gasteiger partial charge in [0.15, 0.2) is 0 Å². The van der Waals surface area contributed by atoms with E-state index in [0.29, 0.717) is 37.8 Å². The summed E-state index contributed by atoms with van der Waals surface area (Å²) in [6, 6.07) is 26.9. The minimum atomic E-state index is -0.647. The number of alkyl carbamates (subject to hydrolysis) is 3. The molecular formula is C89H118BBrN14O13. The van der Waals surface area contributed by atoms with E-state index in [4.69, 9.17) is 38.5 Å². The van der Waals surface area contributed by atoms with Crippen molar-refractivity contribution in [3.05, 3.63) is 125 Å². The summed E-state index contributed by atoms with van der Waals surface area (Å²) in [5.74, 6) is 2.24. The molecule has 118 heavy (non-hydrogen) atoms. The maximum Gasteiger partial charge on any atom is 0.494 e. The average Bonchev–Trinajstić information content (AvgIpc) is 1.60. The van der Waals surface area contributed by atoms with Gasteiger partial charge in [0.2, 0.25) is 23.6 Å². The number of allylic oxidation sites excluding steroid dienone is 2. The molecule has 0 radical (unpaired) electrons. The van der Waals surface area contributed by atoms with E-state index in [9.17, 15) is 33.6 Å². The smallest absolute Gasteiger partial charge is 0.453 e. The summed E-state index contributed by atoms with van der Waals surface area (Å²) in [5.41, 5.74) is 12.6. The number of aromatic amines is 2. The molecule has 632 valence electrons. The molecule has 4 bridgehead atoms. The zero-order chi connectivity index (χ0) is 84.5. The Morgan fingerprint density at radius 3 is 1.33 bits per heavy atom. The van der Waals surface area contributed by atoms with Crippen LogP contribution in [0.15, 0.2) is 112 Å². The molecule has 0 spiro atoms. The molecule has 7 amide bonds. The van der Waals surface area contributed by atoms with Crippen molar-refractivity contribution in [2.45, 2.75) is 245 Å². The molecule has 5 saturated heterocycles. The van der Waals surface area contributed by atoms with Crippen LogP contribution in [-0.4, -0.2) is 207 Å². The highest BCUT2D eigenvalue weighted by Gasteiger charge is 2.55. The molecule has 6 N–H and O–H groups in total. The monoisotopic (exact) mass is 1680 g/mol. The highest BCUT2D eigenvalue weighted by atomic mass is 79.9. The average molecular weight is 1680 g/mol. The zero-order valence-corrected chi connectivity index (χ0v) is 72.9. The number of ether oxygens (including phenoxy) is 4. The van der Waals surface area contributed by atoms with Gasteiger partial charge in [-0.2, -0.15) is 0 Å². The number of aliphatic imine (C=N–C) groups is 2. The van der Waals surface area contributed by atoms with Crippen molar-refractivity contribution in [1.82, 2.24) is 60.8 Å². The maximum atomic E-state index is 14.0. The second-order valence-corrected chi connectivity index (χ2v) is 36.3. The summed E-state index contributed by atoms with van der Waals surface area (Å²) in [7, 11) is 5.19. The van der Waals surface area contributed by atoms with Gasteiger partial charge in [0, 0.05) is 73.4 Å². The first-order valence-corrected chi connectivity index (χ1v) is 42.9. The lowest BCUT2D eigenvalue weighted by Crippen LogP contribution is -2.57. The molecule has 13 atom stereocenters. The largest absolute Gasteiger partial charge is 0.494 e. The van der Waals surface area contributed by atoms with Crippen LogP contribution in [0.1, 0.15) is 202 Å². The van der Waals surface area contributed by atoms with Crippen LogP contribution in [0, 0.1) is 35.5 Å². The van der Waals surface area contributed by atoms with Gasteiger partial charge in [0.25, 0.3) is 0 Å². The van der Waals surface area contributed by atoms with E-state index in [-0.39, 0.29) is 114 Å².